The van der Waals surface area contributed by atoms with Crippen molar-refractivity contribution in [3.05, 3.63) is 71.6 Å². The van der Waals surface area contributed by atoms with E-state index in [-0.39, 0.29) is 6.04 Å². The number of aromatic nitrogens is 3. The van der Waals surface area contributed by atoms with Crippen LogP contribution in [0.4, 0.5) is 14.9 Å². The summed E-state index contributed by atoms with van der Waals surface area (Å²) in [4.78, 5) is 16.1. The van der Waals surface area contributed by atoms with Crippen LogP contribution in [0.2, 0.25) is 0 Å². The molecule has 0 spiro atoms. The molecule has 3 rings (SSSR count). The summed E-state index contributed by atoms with van der Waals surface area (Å²) in [7, 11) is 0. The number of nitrogens with one attached hydrogen (secondary N) is 2. The summed E-state index contributed by atoms with van der Waals surface area (Å²) in [6, 6.07) is 9.44. The first-order valence-electron chi connectivity index (χ1n) is 8.24. The van der Waals surface area contributed by atoms with Crippen LogP contribution in [-0.2, 0) is 0 Å². The highest BCUT2D eigenvalue weighted by atomic mass is 19.1. The molecule has 7 heteroatoms. The molecule has 2 amide bonds. The number of halogens is 1. The quantitative estimate of drug-likeness (QED) is 0.747. The average Bonchev–Trinajstić information content (AvgIpc) is 2.93. The van der Waals surface area contributed by atoms with E-state index in [1.807, 2.05) is 39.0 Å². The van der Waals surface area contributed by atoms with E-state index in [0.717, 1.165) is 17.0 Å². The van der Waals surface area contributed by atoms with Crippen molar-refractivity contribution in [2.45, 2.75) is 26.8 Å². The van der Waals surface area contributed by atoms with Gasteiger partial charge in [-0.1, -0.05) is 0 Å². The Labute approximate surface area is 151 Å². The number of carbonyl (C=O) groups excluding carboxylic acids is 1. The van der Waals surface area contributed by atoms with Gasteiger partial charge < -0.3 is 10.6 Å². The molecule has 2 heterocycles. The summed E-state index contributed by atoms with van der Waals surface area (Å²) in [6.45, 7) is 5.58. The van der Waals surface area contributed by atoms with Gasteiger partial charge in [0.15, 0.2) is 5.82 Å². The molecule has 134 valence electrons. The van der Waals surface area contributed by atoms with Crippen LogP contribution in [0.25, 0.3) is 5.69 Å². The Morgan fingerprint density at radius 3 is 2.50 bits per heavy atom. The highest BCUT2D eigenvalue weighted by molar-refractivity contribution is 5.89. The molecule has 2 N–H and O–H groups in total. The first-order valence-corrected chi connectivity index (χ1v) is 8.24. The molecule has 1 aromatic carbocycles. The maximum Gasteiger partial charge on any atom is 0.319 e. The van der Waals surface area contributed by atoms with Crippen LogP contribution in [0.5, 0.6) is 0 Å². The minimum atomic E-state index is -0.462. The Hall–Kier alpha value is -3.22. The lowest BCUT2D eigenvalue weighted by atomic mass is 10.1. The molecule has 0 fully saturated rings. The maximum atomic E-state index is 14.5. The molecule has 26 heavy (non-hydrogen) atoms. The summed E-state index contributed by atoms with van der Waals surface area (Å²) >= 11 is 0. The highest BCUT2D eigenvalue weighted by Crippen LogP contribution is 2.20. The summed E-state index contributed by atoms with van der Waals surface area (Å²) in [5.41, 5.74) is 3.29. The number of nitrogens with zero attached hydrogens (tertiary/aromatic N) is 3. The molecule has 0 aliphatic rings. The van der Waals surface area contributed by atoms with Gasteiger partial charge in [0.25, 0.3) is 0 Å². The molecule has 1 unspecified atom stereocenters. The number of pyridine rings is 1. The Balaban J connectivity index is 1.70. The van der Waals surface area contributed by atoms with Gasteiger partial charge in [-0.15, -0.1) is 0 Å². The maximum absolute atomic E-state index is 14.5. The smallest absolute Gasteiger partial charge is 0.319 e. The second-order valence-corrected chi connectivity index (χ2v) is 6.11. The Morgan fingerprint density at radius 2 is 1.88 bits per heavy atom. The molecule has 0 saturated carbocycles. The number of anilines is 1. The number of benzene rings is 1. The largest absolute Gasteiger partial charge is 0.331 e. The lowest BCUT2D eigenvalue weighted by Crippen LogP contribution is -2.31. The van der Waals surface area contributed by atoms with E-state index in [0.29, 0.717) is 11.4 Å². The predicted molar refractivity (Wildman–Crippen MR) is 97.8 cm³/mol. The highest BCUT2D eigenvalue weighted by Gasteiger charge is 2.13. The van der Waals surface area contributed by atoms with E-state index < -0.39 is 11.8 Å². The van der Waals surface area contributed by atoms with Crippen molar-refractivity contribution in [3.63, 3.8) is 0 Å². The lowest BCUT2D eigenvalue weighted by molar-refractivity contribution is 0.249. The monoisotopic (exact) mass is 353 g/mol. The van der Waals surface area contributed by atoms with Crippen LogP contribution in [-0.4, -0.2) is 20.8 Å². The van der Waals surface area contributed by atoms with E-state index >= 15 is 0 Å². The lowest BCUT2D eigenvalue weighted by Gasteiger charge is -2.15. The van der Waals surface area contributed by atoms with Gasteiger partial charge in [-0.2, -0.15) is 5.10 Å². The van der Waals surface area contributed by atoms with Gasteiger partial charge in [-0.05, 0) is 62.7 Å². The number of aryl methyl sites for hydroxylation is 2. The van der Waals surface area contributed by atoms with Gasteiger partial charge in [0.05, 0.1) is 11.7 Å². The first-order chi connectivity index (χ1) is 12.4. The molecular formula is C19H20FN5O. The summed E-state index contributed by atoms with van der Waals surface area (Å²) in [5, 5.41) is 9.73. The van der Waals surface area contributed by atoms with Gasteiger partial charge in [0, 0.05) is 23.8 Å². The van der Waals surface area contributed by atoms with Crippen LogP contribution in [0.3, 0.4) is 0 Å². The molecule has 1 atom stereocenters. The Kier molecular flexibility index (Phi) is 4.97. The number of urea groups is 1. The first kappa shape index (κ1) is 17.6. The molecule has 0 saturated heterocycles. The fourth-order valence-electron chi connectivity index (χ4n) is 2.73. The second-order valence-electron chi connectivity index (χ2n) is 6.11. The normalized spacial score (nSPS) is 11.8. The summed E-state index contributed by atoms with van der Waals surface area (Å²) in [5.74, 6) is -0.462. The number of hydrogen-bond acceptors (Lipinski definition) is 3. The van der Waals surface area contributed by atoms with E-state index in [1.54, 1.807) is 29.2 Å². The molecule has 6 nitrogen and oxygen atoms in total. The van der Waals surface area contributed by atoms with Crippen LogP contribution in [0.15, 0.2) is 48.8 Å². The number of carbonyl (C=O) groups is 1. The van der Waals surface area contributed by atoms with Crippen molar-refractivity contribution >= 4 is 11.7 Å². The van der Waals surface area contributed by atoms with Crippen LogP contribution < -0.4 is 10.6 Å². The molecule has 3 aromatic rings. The van der Waals surface area contributed by atoms with Crippen molar-refractivity contribution in [1.29, 1.82) is 0 Å². The van der Waals surface area contributed by atoms with Crippen molar-refractivity contribution in [3.8, 4) is 5.69 Å². The van der Waals surface area contributed by atoms with Gasteiger partial charge in [0.2, 0.25) is 0 Å². The minimum Gasteiger partial charge on any atom is -0.331 e. The number of hydrogen-bond donors (Lipinski definition) is 2. The summed E-state index contributed by atoms with van der Waals surface area (Å²) in [6.07, 6.45) is 3.33. The third-order valence-corrected chi connectivity index (χ3v) is 4.00. The minimum absolute atomic E-state index is 0.197. The van der Waals surface area contributed by atoms with Crippen LogP contribution in [0, 0.1) is 19.7 Å². The van der Waals surface area contributed by atoms with Crippen LogP contribution in [0.1, 0.15) is 29.9 Å². The zero-order valence-electron chi connectivity index (χ0n) is 14.8. The van der Waals surface area contributed by atoms with E-state index in [4.69, 9.17) is 0 Å². The third-order valence-electron chi connectivity index (χ3n) is 4.00. The van der Waals surface area contributed by atoms with Crippen molar-refractivity contribution in [1.82, 2.24) is 20.1 Å². The third kappa shape index (κ3) is 3.88. The van der Waals surface area contributed by atoms with Crippen molar-refractivity contribution in [2.75, 3.05) is 5.32 Å². The molecule has 0 aliphatic carbocycles. The summed E-state index contributed by atoms with van der Waals surface area (Å²) < 4.78 is 16.0. The molecule has 2 aromatic heterocycles. The fourth-order valence-corrected chi connectivity index (χ4v) is 2.73. The zero-order chi connectivity index (χ0) is 18.7. The van der Waals surface area contributed by atoms with Gasteiger partial charge in [-0.3, -0.25) is 4.98 Å². The van der Waals surface area contributed by atoms with Crippen molar-refractivity contribution < 1.29 is 9.18 Å². The van der Waals surface area contributed by atoms with E-state index in [1.165, 1.54) is 6.07 Å². The topological polar surface area (TPSA) is 71.8 Å². The number of amides is 2. The van der Waals surface area contributed by atoms with Gasteiger partial charge in [0.1, 0.15) is 5.69 Å². The predicted octanol–water partition coefficient (Wildman–Crippen LogP) is 3.91. The Morgan fingerprint density at radius 1 is 1.15 bits per heavy atom. The molecule has 0 radical (unpaired) electrons. The van der Waals surface area contributed by atoms with Crippen LogP contribution >= 0.6 is 0 Å². The second kappa shape index (κ2) is 7.35. The fraction of sp³-hybridized carbons (Fsp3) is 0.211. The average molecular weight is 353 g/mol. The zero-order valence-corrected chi connectivity index (χ0v) is 14.8. The standard InChI is InChI=1S/C19H20FN5O/c1-12-10-13(2)25(24-12)18-5-4-16(11-17(18)20)23-19(26)22-14(3)15-6-8-21-9-7-15/h4-11,14H,1-3H3,(H2,22,23,26). The van der Waals surface area contributed by atoms with E-state index in [9.17, 15) is 9.18 Å². The molecule has 0 aliphatic heterocycles. The molecule has 0 bridgehead atoms. The van der Waals surface area contributed by atoms with Crippen molar-refractivity contribution in [2.24, 2.45) is 0 Å². The Bertz CT molecular complexity index is 923. The van der Waals surface area contributed by atoms with Gasteiger partial charge in [-0.25, -0.2) is 13.9 Å². The number of rotatable bonds is 4. The SMILES string of the molecule is Cc1cc(C)n(-c2ccc(NC(=O)NC(C)c3ccncc3)cc2F)n1. The van der Waals surface area contributed by atoms with Gasteiger partial charge >= 0.3 is 6.03 Å². The molecular weight excluding hydrogens is 333 g/mol. The van der Waals surface area contributed by atoms with E-state index in [2.05, 4.69) is 20.7 Å².